The summed E-state index contributed by atoms with van der Waals surface area (Å²) in [6.45, 7) is 2.08. The molecule has 1 rings (SSSR count). The summed E-state index contributed by atoms with van der Waals surface area (Å²) in [6, 6.07) is 10.3. The van der Waals surface area contributed by atoms with Crippen LogP contribution < -0.4 is 0 Å². The molecule has 0 atom stereocenters. The first kappa shape index (κ1) is 22.6. The summed E-state index contributed by atoms with van der Waals surface area (Å²) in [7, 11) is 0. The van der Waals surface area contributed by atoms with Gasteiger partial charge in [-0.2, -0.15) is 0 Å². The third-order valence-corrected chi connectivity index (χ3v) is 0.940. The molecule has 0 fully saturated rings. The minimum atomic E-state index is 0. The molecule has 0 spiro atoms. The fourth-order valence-electron chi connectivity index (χ4n) is 0.534. The Bertz CT molecular complexity index is 144. The minimum absolute atomic E-state index is 0. The van der Waals surface area contributed by atoms with Crippen molar-refractivity contribution in [2.24, 2.45) is 0 Å². The SMILES string of the molecule is Br.Br.Br.Cc1ccccc1.F. The fourth-order valence-corrected chi connectivity index (χ4v) is 0.534. The molecular weight excluding hydrogens is 343 g/mol. The largest absolute Gasteiger partial charge is 0.269 e. The predicted octanol–water partition coefficient (Wildman–Crippen LogP) is 3.88. The van der Waals surface area contributed by atoms with Crippen LogP contribution in [0.1, 0.15) is 5.56 Å². The number of aryl methyl sites for hydroxylation is 1. The van der Waals surface area contributed by atoms with E-state index in [2.05, 4.69) is 19.1 Å². The van der Waals surface area contributed by atoms with Gasteiger partial charge in [0, 0.05) is 0 Å². The lowest BCUT2D eigenvalue weighted by atomic mass is 10.2. The van der Waals surface area contributed by atoms with Gasteiger partial charge in [0.2, 0.25) is 0 Å². The van der Waals surface area contributed by atoms with Crippen molar-refractivity contribution in [2.45, 2.75) is 6.92 Å². The van der Waals surface area contributed by atoms with Crippen molar-refractivity contribution < 1.29 is 4.70 Å². The molecule has 11 heavy (non-hydrogen) atoms. The van der Waals surface area contributed by atoms with Crippen molar-refractivity contribution in [1.82, 2.24) is 0 Å². The molecule has 1 aromatic carbocycles. The van der Waals surface area contributed by atoms with Crippen molar-refractivity contribution in [2.75, 3.05) is 0 Å². The minimum Gasteiger partial charge on any atom is -0.269 e. The van der Waals surface area contributed by atoms with Crippen molar-refractivity contribution in [1.29, 1.82) is 0 Å². The number of benzene rings is 1. The van der Waals surface area contributed by atoms with Crippen LogP contribution in [0.5, 0.6) is 0 Å². The molecule has 0 aliphatic heterocycles. The normalized spacial score (nSPS) is 5.55. The summed E-state index contributed by atoms with van der Waals surface area (Å²) in [4.78, 5) is 0. The van der Waals surface area contributed by atoms with E-state index in [1.807, 2.05) is 18.2 Å². The summed E-state index contributed by atoms with van der Waals surface area (Å²) >= 11 is 0. The van der Waals surface area contributed by atoms with Crippen LogP contribution in [0, 0.1) is 6.92 Å². The Hall–Kier alpha value is 0.590. The molecule has 0 saturated carbocycles. The average Bonchev–Trinajstić information content (AvgIpc) is 1.69. The third kappa shape index (κ3) is 10.6. The molecule has 0 nitrogen and oxygen atoms in total. The summed E-state index contributed by atoms with van der Waals surface area (Å²) < 4.78 is 0. The van der Waals surface area contributed by atoms with Gasteiger partial charge < -0.3 is 0 Å². The van der Waals surface area contributed by atoms with Gasteiger partial charge in [-0.25, -0.2) is 0 Å². The van der Waals surface area contributed by atoms with Crippen LogP contribution in [0.2, 0.25) is 0 Å². The van der Waals surface area contributed by atoms with E-state index < -0.39 is 0 Å². The lowest BCUT2D eigenvalue weighted by Gasteiger charge is -1.82. The first-order valence-corrected chi connectivity index (χ1v) is 2.41. The van der Waals surface area contributed by atoms with E-state index in [1.54, 1.807) is 0 Å². The van der Waals surface area contributed by atoms with Crippen molar-refractivity contribution >= 4 is 50.9 Å². The Kier molecular flexibility index (Phi) is 27.1. The summed E-state index contributed by atoms with van der Waals surface area (Å²) in [5.74, 6) is 0. The predicted molar refractivity (Wildman–Crippen MR) is 64.6 cm³/mol. The van der Waals surface area contributed by atoms with E-state index in [1.165, 1.54) is 5.56 Å². The van der Waals surface area contributed by atoms with Gasteiger partial charge in [-0.3, -0.25) is 4.70 Å². The standard InChI is InChI=1S/C7H8.3BrH.FH/c1-7-5-3-2-4-6-7;;;;/h2-6H,1H3;4*1H. The van der Waals surface area contributed by atoms with Gasteiger partial charge in [-0.1, -0.05) is 35.9 Å². The molecular formula is C7H12Br3F. The van der Waals surface area contributed by atoms with Crippen LogP contribution >= 0.6 is 50.9 Å². The maximum Gasteiger partial charge on any atom is -0.0398 e. The number of hydrogen-bond acceptors (Lipinski definition) is 0. The molecule has 0 aliphatic rings. The highest BCUT2D eigenvalue weighted by Gasteiger charge is 1.72. The Morgan fingerprint density at radius 2 is 1.18 bits per heavy atom. The first-order chi connectivity index (χ1) is 3.39. The van der Waals surface area contributed by atoms with Crippen molar-refractivity contribution in [3.05, 3.63) is 35.9 Å². The Labute approximate surface area is 98.1 Å². The van der Waals surface area contributed by atoms with Crippen LogP contribution in [0.4, 0.5) is 4.70 Å². The van der Waals surface area contributed by atoms with Crippen LogP contribution in [0.3, 0.4) is 0 Å². The van der Waals surface area contributed by atoms with Gasteiger partial charge >= 0.3 is 0 Å². The summed E-state index contributed by atoms with van der Waals surface area (Å²) in [5, 5.41) is 0. The van der Waals surface area contributed by atoms with E-state index in [0.717, 1.165) is 0 Å². The first-order valence-electron chi connectivity index (χ1n) is 2.41. The van der Waals surface area contributed by atoms with Crippen molar-refractivity contribution in [3.63, 3.8) is 0 Å². The summed E-state index contributed by atoms with van der Waals surface area (Å²) in [6.07, 6.45) is 0. The third-order valence-electron chi connectivity index (χ3n) is 0.940. The molecule has 1 aromatic rings. The Morgan fingerprint density at radius 1 is 0.818 bits per heavy atom. The smallest absolute Gasteiger partial charge is 0.0398 e. The van der Waals surface area contributed by atoms with Gasteiger partial charge in [0.25, 0.3) is 0 Å². The van der Waals surface area contributed by atoms with Crippen molar-refractivity contribution in [3.8, 4) is 0 Å². The van der Waals surface area contributed by atoms with E-state index in [-0.39, 0.29) is 55.6 Å². The van der Waals surface area contributed by atoms with E-state index in [0.29, 0.717) is 0 Å². The lowest BCUT2D eigenvalue weighted by molar-refractivity contribution is 1.11. The van der Waals surface area contributed by atoms with Gasteiger partial charge in [0.05, 0.1) is 0 Å². The molecule has 0 unspecified atom stereocenters. The molecule has 0 amide bonds. The number of rotatable bonds is 0. The van der Waals surface area contributed by atoms with Gasteiger partial charge in [0.15, 0.2) is 0 Å². The quantitative estimate of drug-likeness (QED) is 0.663. The molecule has 0 aliphatic carbocycles. The zero-order chi connectivity index (χ0) is 5.11. The molecule has 0 bridgehead atoms. The van der Waals surface area contributed by atoms with Crippen LogP contribution in [-0.4, -0.2) is 0 Å². The fraction of sp³-hybridized carbons (Fsp3) is 0.143. The number of hydrogen-bond donors (Lipinski definition) is 0. The molecule has 0 N–H and O–H groups in total. The van der Waals surface area contributed by atoms with E-state index in [4.69, 9.17) is 0 Å². The highest BCUT2D eigenvalue weighted by Crippen LogP contribution is 1.92. The summed E-state index contributed by atoms with van der Waals surface area (Å²) in [5.41, 5.74) is 1.32. The Balaban J connectivity index is -0.0000000612. The molecule has 68 valence electrons. The van der Waals surface area contributed by atoms with Crippen LogP contribution in [0.25, 0.3) is 0 Å². The second kappa shape index (κ2) is 13.2. The molecule has 0 saturated heterocycles. The zero-order valence-corrected chi connectivity index (χ0v) is 11.2. The highest BCUT2D eigenvalue weighted by atomic mass is 79.9. The topological polar surface area (TPSA) is 0 Å². The molecule has 0 radical (unpaired) electrons. The van der Waals surface area contributed by atoms with Crippen LogP contribution in [-0.2, 0) is 0 Å². The van der Waals surface area contributed by atoms with Crippen LogP contribution in [0.15, 0.2) is 30.3 Å². The second-order valence-corrected chi connectivity index (χ2v) is 1.65. The molecule has 0 heterocycles. The van der Waals surface area contributed by atoms with E-state index in [9.17, 15) is 0 Å². The lowest BCUT2D eigenvalue weighted by Crippen LogP contribution is -1.62. The number of halogens is 4. The van der Waals surface area contributed by atoms with Gasteiger partial charge in [0.1, 0.15) is 0 Å². The second-order valence-electron chi connectivity index (χ2n) is 1.65. The highest BCUT2D eigenvalue weighted by molar-refractivity contribution is 8.93. The maximum atomic E-state index is 2.08. The average molecular weight is 355 g/mol. The zero-order valence-electron chi connectivity index (χ0n) is 6.02. The molecule has 4 heteroatoms. The maximum absolute atomic E-state index is 2.08. The monoisotopic (exact) mass is 352 g/mol. The van der Waals surface area contributed by atoms with E-state index >= 15 is 0 Å². The Morgan fingerprint density at radius 3 is 1.36 bits per heavy atom. The van der Waals surface area contributed by atoms with Gasteiger partial charge in [-0.05, 0) is 6.92 Å². The van der Waals surface area contributed by atoms with Gasteiger partial charge in [-0.15, -0.1) is 50.9 Å². The molecule has 0 aromatic heterocycles.